The van der Waals surface area contributed by atoms with E-state index in [1.54, 1.807) is 0 Å². The molecule has 2 N–H and O–H groups in total. The Labute approximate surface area is 228 Å². The molecule has 0 heterocycles. The van der Waals surface area contributed by atoms with Crippen molar-refractivity contribution in [1.82, 2.24) is 5.32 Å². The number of allylic oxidation sites excluding steroid dienone is 2. The normalized spacial score (nSPS) is 21.0. The highest BCUT2D eigenvalue weighted by Gasteiger charge is 2.49. The lowest BCUT2D eigenvalue weighted by Crippen LogP contribution is -2.53. The van der Waals surface area contributed by atoms with Crippen LogP contribution < -0.4 is 5.32 Å². The molecule has 1 amide bonds. The number of carboxylic acids is 1. The highest BCUT2D eigenvalue weighted by atomic mass is 79.9. The zero-order valence-corrected chi connectivity index (χ0v) is 24.4. The van der Waals surface area contributed by atoms with Gasteiger partial charge in [-0.2, -0.15) is 0 Å². The van der Waals surface area contributed by atoms with Crippen LogP contribution in [0.25, 0.3) is 0 Å². The van der Waals surface area contributed by atoms with Gasteiger partial charge in [-0.3, -0.25) is 0 Å². The van der Waals surface area contributed by atoms with Crippen molar-refractivity contribution in [3.63, 3.8) is 0 Å². The van der Waals surface area contributed by atoms with Crippen LogP contribution in [-0.4, -0.2) is 36.9 Å². The molecular formula is C29H36BrNO5Si. The van der Waals surface area contributed by atoms with E-state index in [2.05, 4.69) is 53.9 Å². The van der Waals surface area contributed by atoms with Crippen molar-refractivity contribution in [3.05, 3.63) is 94.5 Å². The van der Waals surface area contributed by atoms with E-state index < -0.39 is 31.8 Å². The molecule has 2 aromatic carbocycles. The van der Waals surface area contributed by atoms with Crippen LogP contribution in [0.2, 0.25) is 25.2 Å². The summed E-state index contributed by atoms with van der Waals surface area (Å²) in [6, 6.07) is 18.1. The monoisotopic (exact) mass is 585 g/mol. The fraction of sp³-hybridized carbons (Fsp3) is 0.379. The molecule has 0 bridgehead atoms. The third-order valence-electron chi connectivity index (χ3n) is 7.04. The minimum absolute atomic E-state index is 0.0629. The van der Waals surface area contributed by atoms with Crippen molar-refractivity contribution in [3.8, 4) is 0 Å². The first-order valence-corrected chi connectivity index (χ1v) is 16.8. The number of halogens is 1. The van der Waals surface area contributed by atoms with Gasteiger partial charge in [-0.05, 0) is 29.2 Å². The molecular weight excluding hydrogens is 550 g/mol. The van der Waals surface area contributed by atoms with Gasteiger partial charge in [0.15, 0.2) is 0 Å². The van der Waals surface area contributed by atoms with Crippen molar-refractivity contribution >= 4 is 36.1 Å². The van der Waals surface area contributed by atoms with E-state index in [9.17, 15) is 14.7 Å². The second kappa shape index (κ2) is 12.7. The lowest BCUT2D eigenvalue weighted by molar-refractivity contribution is -0.140. The summed E-state index contributed by atoms with van der Waals surface area (Å²) in [6.07, 6.45) is 5.45. The molecule has 0 saturated carbocycles. The van der Waals surface area contributed by atoms with Gasteiger partial charge in [-0.25, -0.2) is 9.59 Å². The Hall–Kier alpha value is -2.68. The Morgan fingerprint density at radius 3 is 2.14 bits per heavy atom. The van der Waals surface area contributed by atoms with Crippen LogP contribution in [0.4, 0.5) is 4.79 Å². The first-order chi connectivity index (χ1) is 17.5. The average Bonchev–Trinajstić information content (AvgIpc) is 2.87. The van der Waals surface area contributed by atoms with Gasteiger partial charge >= 0.3 is 12.1 Å². The first kappa shape index (κ1) is 28.9. The zero-order chi connectivity index (χ0) is 27.1. The number of carbonyl (C=O) groups excluding carboxylic acids is 1. The zero-order valence-electron chi connectivity index (χ0n) is 21.8. The molecule has 0 saturated heterocycles. The molecule has 0 radical (unpaired) electrons. The number of hydrogen-bond acceptors (Lipinski definition) is 4. The molecule has 3 rings (SSSR count). The lowest BCUT2D eigenvalue weighted by Gasteiger charge is -2.48. The van der Waals surface area contributed by atoms with Gasteiger partial charge in [-0.15, -0.1) is 0 Å². The minimum atomic E-state index is -1.76. The van der Waals surface area contributed by atoms with E-state index in [1.807, 2.05) is 72.8 Å². The van der Waals surface area contributed by atoms with Crippen molar-refractivity contribution in [2.45, 2.75) is 63.4 Å². The Morgan fingerprint density at radius 1 is 1.03 bits per heavy atom. The highest BCUT2D eigenvalue weighted by Crippen LogP contribution is 2.47. The number of rotatable bonds is 11. The maximum absolute atomic E-state index is 12.5. The number of ether oxygens (including phenoxy) is 2. The molecule has 0 fully saturated rings. The van der Waals surface area contributed by atoms with E-state index in [1.165, 1.54) is 0 Å². The van der Waals surface area contributed by atoms with Gasteiger partial charge in [0.25, 0.3) is 0 Å². The maximum Gasteiger partial charge on any atom is 0.408 e. The summed E-state index contributed by atoms with van der Waals surface area (Å²) in [5.41, 5.74) is 1.29. The fourth-order valence-electron chi connectivity index (χ4n) is 4.55. The topological polar surface area (TPSA) is 84.9 Å². The third-order valence-corrected chi connectivity index (χ3v) is 10.6. The summed E-state index contributed by atoms with van der Waals surface area (Å²) in [5, 5.41) is 12.6. The van der Waals surface area contributed by atoms with Crippen LogP contribution >= 0.6 is 15.9 Å². The van der Waals surface area contributed by atoms with Crippen LogP contribution in [-0.2, 0) is 27.5 Å². The number of carboxylic acid groups (broad SMARTS) is 1. The Bertz CT molecular complexity index is 1120. The standard InChI is InChI=1S/C29H36BrNO5Si/c1-21(37(2,3)4)29(36-20-23-13-9-6-10-14-23)16-15-25(30)17-24(29)18-26(27(32)33)31-28(34)35-19-22-11-7-5-8-12-22/h5-17,21,24,26H,18-20H2,1-4H3,(H,31,34)(H,32,33)/t21?,24?,26-,29?/m0/s1. The Morgan fingerprint density at radius 2 is 1.59 bits per heavy atom. The molecule has 3 unspecified atom stereocenters. The molecule has 0 aliphatic heterocycles. The summed E-state index contributed by atoms with van der Waals surface area (Å²) in [4.78, 5) is 24.8. The number of nitrogens with one attached hydrogen (secondary N) is 1. The molecule has 2 aromatic rings. The second-order valence-corrected chi connectivity index (χ2v) is 17.1. The van der Waals surface area contributed by atoms with E-state index in [4.69, 9.17) is 9.47 Å². The van der Waals surface area contributed by atoms with E-state index in [0.717, 1.165) is 15.6 Å². The van der Waals surface area contributed by atoms with Crippen molar-refractivity contribution in [1.29, 1.82) is 0 Å². The molecule has 8 heteroatoms. The summed E-state index contributed by atoms with van der Waals surface area (Å²) in [5.74, 6) is -1.42. The smallest absolute Gasteiger partial charge is 0.408 e. The number of benzene rings is 2. The Kier molecular flexibility index (Phi) is 9.92. The molecule has 0 spiro atoms. The second-order valence-electron chi connectivity index (χ2n) is 10.5. The average molecular weight is 587 g/mol. The van der Waals surface area contributed by atoms with Gasteiger partial charge in [0.05, 0.1) is 20.3 Å². The fourth-order valence-corrected chi connectivity index (χ4v) is 6.75. The highest BCUT2D eigenvalue weighted by molar-refractivity contribution is 9.11. The van der Waals surface area contributed by atoms with Gasteiger partial charge < -0.3 is 19.9 Å². The van der Waals surface area contributed by atoms with E-state index in [-0.39, 0.29) is 24.5 Å². The number of hydrogen-bond donors (Lipinski definition) is 2. The Balaban J connectivity index is 1.83. The van der Waals surface area contributed by atoms with Crippen molar-refractivity contribution < 1.29 is 24.2 Å². The number of amides is 1. The first-order valence-electron chi connectivity index (χ1n) is 12.5. The summed E-state index contributed by atoms with van der Waals surface area (Å²) in [6.45, 7) is 9.52. The molecule has 6 nitrogen and oxygen atoms in total. The molecule has 1 aliphatic carbocycles. The van der Waals surface area contributed by atoms with Crippen molar-refractivity contribution in [2.75, 3.05) is 0 Å². The van der Waals surface area contributed by atoms with Crippen molar-refractivity contribution in [2.24, 2.45) is 5.92 Å². The lowest BCUT2D eigenvalue weighted by atomic mass is 9.77. The summed E-state index contributed by atoms with van der Waals surface area (Å²) >= 11 is 3.58. The predicted molar refractivity (Wildman–Crippen MR) is 152 cm³/mol. The van der Waals surface area contributed by atoms with Crippen LogP contribution in [0.3, 0.4) is 0 Å². The minimum Gasteiger partial charge on any atom is -0.480 e. The number of carbonyl (C=O) groups is 2. The third kappa shape index (κ3) is 7.90. The van der Waals surface area contributed by atoms with Gasteiger partial charge in [-0.1, -0.05) is 115 Å². The quantitative estimate of drug-likeness (QED) is 0.280. The van der Waals surface area contributed by atoms with Gasteiger partial charge in [0, 0.05) is 10.4 Å². The summed E-state index contributed by atoms with van der Waals surface area (Å²) in [7, 11) is -1.76. The number of alkyl carbamates (subject to hydrolysis) is 1. The SMILES string of the molecule is CC(C1(OCc2ccccc2)C=CC(Br)=CC1C[C@H](NC(=O)OCc1ccccc1)C(=O)O)[Si](C)(C)C. The predicted octanol–water partition coefficient (Wildman–Crippen LogP) is 6.90. The van der Waals surface area contributed by atoms with Crippen LogP contribution in [0, 0.1) is 5.92 Å². The van der Waals surface area contributed by atoms with Crippen LogP contribution in [0.15, 0.2) is 83.4 Å². The van der Waals surface area contributed by atoms with Crippen LogP contribution in [0.5, 0.6) is 0 Å². The van der Waals surface area contributed by atoms with Crippen LogP contribution in [0.1, 0.15) is 24.5 Å². The van der Waals surface area contributed by atoms with Gasteiger partial charge in [0.1, 0.15) is 12.6 Å². The largest absolute Gasteiger partial charge is 0.480 e. The molecule has 37 heavy (non-hydrogen) atoms. The molecule has 198 valence electrons. The molecule has 4 atom stereocenters. The van der Waals surface area contributed by atoms with Gasteiger partial charge in [0.2, 0.25) is 0 Å². The van der Waals surface area contributed by atoms with E-state index in [0.29, 0.717) is 6.61 Å². The number of aliphatic carboxylic acids is 1. The molecule has 1 aliphatic rings. The molecule has 0 aromatic heterocycles. The summed E-state index contributed by atoms with van der Waals surface area (Å²) < 4.78 is 12.9. The van der Waals surface area contributed by atoms with E-state index >= 15 is 0 Å². The maximum atomic E-state index is 12.5.